The highest BCUT2D eigenvalue weighted by atomic mass is 35.5. The third-order valence-corrected chi connectivity index (χ3v) is 2.98. The first kappa shape index (κ1) is 13.0. The van der Waals surface area contributed by atoms with E-state index in [1.165, 1.54) is 6.20 Å². The maximum absolute atomic E-state index is 10.4. The minimum atomic E-state index is -0.932. The minimum Gasteiger partial charge on any atom is -0.480 e. The third-order valence-electron chi connectivity index (χ3n) is 2.80. The SMILES string of the molecule is O=C(O)COC1CCN(c2cncc(Cl)n2)CC1. The second-order valence-corrected chi connectivity index (χ2v) is 4.48. The number of nitrogens with zero attached hydrogens (tertiary/aromatic N) is 3. The lowest BCUT2D eigenvalue weighted by atomic mass is 10.1. The van der Waals surface area contributed by atoms with Crippen molar-refractivity contribution in [2.24, 2.45) is 0 Å². The predicted molar refractivity (Wildman–Crippen MR) is 65.9 cm³/mol. The fraction of sp³-hybridized carbons (Fsp3) is 0.545. The number of carboxylic acid groups (broad SMARTS) is 1. The van der Waals surface area contributed by atoms with Gasteiger partial charge in [-0.25, -0.2) is 9.78 Å². The van der Waals surface area contributed by atoms with Gasteiger partial charge < -0.3 is 14.7 Å². The van der Waals surface area contributed by atoms with Crippen LogP contribution in [0.5, 0.6) is 0 Å². The average Bonchev–Trinajstić information content (AvgIpc) is 2.37. The van der Waals surface area contributed by atoms with Crippen molar-refractivity contribution in [3.63, 3.8) is 0 Å². The van der Waals surface area contributed by atoms with Crippen LogP contribution in [0.15, 0.2) is 12.4 Å². The Morgan fingerprint density at radius 1 is 1.50 bits per heavy atom. The summed E-state index contributed by atoms with van der Waals surface area (Å²) >= 11 is 5.79. The summed E-state index contributed by atoms with van der Waals surface area (Å²) < 4.78 is 5.26. The molecule has 0 aromatic carbocycles. The molecule has 1 N–H and O–H groups in total. The number of ether oxygens (including phenoxy) is 1. The summed E-state index contributed by atoms with van der Waals surface area (Å²) in [5.41, 5.74) is 0. The van der Waals surface area contributed by atoms with Gasteiger partial charge >= 0.3 is 5.97 Å². The van der Waals surface area contributed by atoms with Gasteiger partial charge in [-0.05, 0) is 12.8 Å². The Morgan fingerprint density at radius 3 is 2.83 bits per heavy atom. The summed E-state index contributed by atoms with van der Waals surface area (Å²) in [6.07, 6.45) is 4.73. The van der Waals surface area contributed by atoms with Crippen molar-refractivity contribution in [2.45, 2.75) is 18.9 Å². The first-order chi connectivity index (χ1) is 8.65. The lowest BCUT2D eigenvalue weighted by molar-refractivity contribution is -0.144. The van der Waals surface area contributed by atoms with E-state index in [2.05, 4.69) is 14.9 Å². The van der Waals surface area contributed by atoms with Crippen molar-refractivity contribution in [3.8, 4) is 0 Å². The number of hydrogen-bond donors (Lipinski definition) is 1. The molecular weight excluding hydrogens is 258 g/mol. The largest absolute Gasteiger partial charge is 0.480 e. The van der Waals surface area contributed by atoms with Crippen LogP contribution in [0.3, 0.4) is 0 Å². The van der Waals surface area contributed by atoms with Gasteiger partial charge in [0.25, 0.3) is 0 Å². The number of aromatic nitrogens is 2. The van der Waals surface area contributed by atoms with Crippen LogP contribution in [0.4, 0.5) is 5.82 Å². The molecule has 0 radical (unpaired) electrons. The Kier molecular flexibility index (Phi) is 4.33. The van der Waals surface area contributed by atoms with Crippen molar-refractivity contribution >= 4 is 23.4 Å². The van der Waals surface area contributed by atoms with Crippen molar-refractivity contribution in [2.75, 3.05) is 24.6 Å². The number of rotatable bonds is 4. The number of hydrogen-bond acceptors (Lipinski definition) is 5. The Bertz CT molecular complexity index is 422. The standard InChI is InChI=1S/C11H14ClN3O3/c12-9-5-13-6-10(14-9)15-3-1-8(2-4-15)18-7-11(16)17/h5-6,8H,1-4,7H2,(H,16,17). The van der Waals surface area contributed by atoms with Crippen molar-refractivity contribution in [1.82, 2.24) is 9.97 Å². The van der Waals surface area contributed by atoms with Crippen LogP contribution in [0.2, 0.25) is 5.15 Å². The average molecular weight is 272 g/mol. The van der Waals surface area contributed by atoms with E-state index >= 15 is 0 Å². The highest BCUT2D eigenvalue weighted by Crippen LogP contribution is 2.20. The van der Waals surface area contributed by atoms with Crippen molar-refractivity contribution in [1.29, 1.82) is 0 Å². The van der Waals surface area contributed by atoms with E-state index < -0.39 is 5.97 Å². The number of anilines is 1. The number of carbonyl (C=O) groups is 1. The summed E-state index contributed by atoms with van der Waals surface area (Å²) in [5, 5.41) is 8.91. The van der Waals surface area contributed by atoms with Crippen LogP contribution in [0, 0.1) is 0 Å². The van der Waals surface area contributed by atoms with Gasteiger partial charge in [0.05, 0.1) is 18.5 Å². The van der Waals surface area contributed by atoms with E-state index in [-0.39, 0.29) is 12.7 Å². The van der Waals surface area contributed by atoms with Gasteiger partial charge in [0.1, 0.15) is 17.6 Å². The molecule has 0 unspecified atom stereocenters. The first-order valence-electron chi connectivity index (χ1n) is 5.71. The lowest BCUT2D eigenvalue weighted by Gasteiger charge is -2.32. The van der Waals surface area contributed by atoms with Crippen molar-refractivity contribution < 1.29 is 14.6 Å². The zero-order valence-corrected chi connectivity index (χ0v) is 10.5. The Labute approximate surface area is 110 Å². The van der Waals surface area contributed by atoms with E-state index in [4.69, 9.17) is 21.4 Å². The zero-order chi connectivity index (χ0) is 13.0. The summed E-state index contributed by atoms with van der Waals surface area (Å²) in [7, 11) is 0. The topological polar surface area (TPSA) is 75.6 Å². The van der Waals surface area contributed by atoms with E-state index in [0.29, 0.717) is 5.15 Å². The molecule has 7 heteroatoms. The molecule has 2 heterocycles. The quantitative estimate of drug-likeness (QED) is 0.887. The molecule has 0 aliphatic carbocycles. The van der Waals surface area contributed by atoms with E-state index in [1.807, 2.05) is 0 Å². The fourth-order valence-electron chi connectivity index (χ4n) is 1.93. The number of halogens is 1. The van der Waals surface area contributed by atoms with Gasteiger partial charge in [0.15, 0.2) is 0 Å². The molecule has 1 aliphatic rings. The Balaban J connectivity index is 1.85. The molecule has 2 rings (SSSR count). The van der Waals surface area contributed by atoms with Crippen LogP contribution in [-0.4, -0.2) is 46.8 Å². The van der Waals surface area contributed by atoms with Gasteiger partial charge in [0, 0.05) is 13.1 Å². The molecule has 0 bridgehead atoms. The summed E-state index contributed by atoms with van der Waals surface area (Å²) in [4.78, 5) is 20.6. The van der Waals surface area contributed by atoms with Crippen LogP contribution >= 0.6 is 11.6 Å². The molecule has 18 heavy (non-hydrogen) atoms. The third kappa shape index (κ3) is 3.54. The van der Waals surface area contributed by atoms with E-state index in [0.717, 1.165) is 31.7 Å². The van der Waals surface area contributed by atoms with E-state index in [9.17, 15) is 4.79 Å². The predicted octanol–water partition coefficient (Wildman–Crippen LogP) is 1.20. The molecule has 1 saturated heterocycles. The maximum atomic E-state index is 10.4. The molecule has 0 spiro atoms. The molecule has 1 aromatic heterocycles. The van der Waals surface area contributed by atoms with Crippen LogP contribution < -0.4 is 4.90 Å². The minimum absolute atomic E-state index is 0.00416. The molecular formula is C11H14ClN3O3. The maximum Gasteiger partial charge on any atom is 0.329 e. The molecule has 98 valence electrons. The molecule has 0 saturated carbocycles. The van der Waals surface area contributed by atoms with Crippen LogP contribution in [0.25, 0.3) is 0 Å². The second kappa shape index (κ2) is 5.97. The second-order valence-electron chi connectivity index (χ2n) is 4.09. The first-order valence-corrected chi connectivity index (χ1v) is 6.09. The molecule has 0 atom stereocenters. The number of carboxylic acids is 1. The summed E-state index contributed by atoms with van der Waals surface area (Å²) in [6.45, 7) is 1.29. The van der Waals surface area contributed by atoms with Gasteiger partial charge in [-0.15, -0.1) is 0 Å². The van der Waals surface area contributed by atoms with Gasteiger partial charge in [-0.1, -0.05) is 11.6 Å². The summed E-state index contributed by atoms with van der Waals surface area (Å²) in [6, 6.07) is 0. The monoisotopic (exact) mass is 271 g/mol. The van der Waals surface area contributed by atoms with Gasteiger partial charge in [-0.3, -0.25) is 4.98 Å². The smallest absolute Gasteiger partial charge is 0.329 e. The molecule has 1 aromatic rings. The molecule has 1 fully saturated rings. The highest BCUT2D eigenvalue weighted by Gasteiger charge is 2.21. The Hall–Kier alpha value is -1.40. The number of piperidine rings is 1. The fourth-order valence-corrected chi connectivity index (χ4v) is 2.07. The molecule has 1 aliphatic heterocycles. The van der Waals surface area contributed by atoms with Crippen LogP contribution in [-0.2, 0) is 9.53 Å². The summed E-state index contributed by atoms with van der Waals surface area (Å²) in [5.74, 6) is -0.183. The normalized spacial score (nSPS) is 16.8. The number of aliphatic carboxylic acids is 1. The zero-order valence-electron chi connectivity index (χ0n) is 9.75. The van der Waals surface area contributed by atoms with Crippen LogP contribution in [0.1, 0.15) is 12.8 Å². The van der Waals surface area contributed by atoms with E-state index in [1.54, 1.807) is 6.20 Å². The molecule has 6 nitrogen and oxygen atoms in total. The lowest BCUT2D eigenvalue weighted by Crippen LogP contribution is -2.38. The van der Waals surface area contributed by atoms with Crippen molar-refractivity contribution in [3.05, 3.63) is 17.5 Å². The highest BCUT2D eigenvalue weighted by molar-refractivity contribution is 6.29. The molecule has 0 amide bonds. The van der Waals surface area contributed by atoms with Gasteiger partial charge in [0.2, 0.25) is 0 Å². The van der Waals surface area contributed by atoms with Gasteiger partial charge in [-0.2, -0.15) is 0 Å². The Morgan fingerprint density at radius 2 is 2.22 bits per heavy atom.